The van der Waals surface area contributed by atoms with E-state index in [1.807, 2.05) is 0 Å². The molecule has 3 heteroatoms. The van der Waals surface area contributed by atoms with E-state index in [4.69, 9.17) is 5.11 Å². The van der Waals surface area contributed by atoms with Crippen molar-refractivity contribution in [3.63, 3.8) is 0 Å². The van der Waals surface area contributed by atoms with Crippen LogP contribution in [0, 0.1) is 11.3 Å². The fraction of sp³-hybridized carbons (Fsp3) is 1.00. The van der Waals surface area contributed by atoms with Crippen LogP contribution in [0.1, 0.15) is 6.42 Å². The van der Waals surface area contributed by atoms with Crippen molar-refractivity contribution in [3.8, 4) is 0 Å². The lowest BCUT2D eigenvalue weighted by Crippen LogP contribution is -2.27. The molecule has 11 heavy (non-hydrogen) atoms. The number of hydrogen-bond donors (Lipinski definition) is 1. The van der Waals surface area contributed by atoms with Gasteiger partial charge in [0.1, 0.15) is 0 Å². The van der Waals surface area contributed by atoms with Gasteiger partial charge in [-0.3, -0.25) is 0 Å². The molecule has 0 radical (unpaired) electrons. The lowest BCUT2D eigenvalue weighted by molar-refractivity contribution is 0.190. The molecular weight excluding hydrogens is 253 g/mol. The zero-order chi connectivity index (χ0) is 7.90. The molecule has 1 N–H and O–H groups in total. The molecule has 2 unspecified atom stereocenters. The van der Waals surface area contributed by atoms with Crippen molar-refractivity contribution >= 4 is 22.6 Å². The van der Waals surface area contributed by atoms with Crippen LogP contribution < -0.4 is 0 Å². The summed E-state index contributed by atoms with van der Waals surface area (Å²) in [6, 6.07) is 0. The van der Waals surface area contributed by atoms with Gasteiger partial charge in [0.05, 0.1) is 6.61 Å². The van der Waals surface area contributed by atoms with Crippen molar-refractivity contribution in [2.24, 2.45) is 11.3 Å². The van der Waals surface area contributed by atoms with Gasteiger partial charge in [-0.05, 0) is 12.3 Å². The second-order valence-electron chi connectivity index (χ2n) is 3.85. The Hall–Kier alpha value is 0.650. The minimum Gasteiger partial charge on any atom is -0.396 e. The van der Waals surface area contributed by atoms with Crippen molar-refractivity contribution in [3.05, 3.63) is 0 Å². The van der Waals surface area contributed by atoms with E-state index in [0.29, 0.717) is 12.0 Å². The third-order valence-electron chi connectivity index (χ3n) is 3.09. The van der Waals surface area contributed by atoms with Crippen LogP contribution in [0.4, 0.5) is 0 Å². The lowest BCUT2D eigenvalue weighted by Gasteiger charge is -2.17. The quantitative estimate of drug-likeness (QED) is 0.602. The van der Waals surface area contributed by atoms with Crippen LogP contribution >= 0.6 is 22.6 Å². The normalized spacial score (nSPS) is 42.5. The Morgan fingerprint density at radius 3 is 3.00 bits per heavy atom. The van der Waals surface area contributed by atoms with Crippen molar-refractivity contribution in [2.75, 3.05) is 30.7 Å². The maximum atomic E-state index is 9.12. The number of halogens is 1. The molecule has 2 atom stereocenters. The van der Waals surface area contributed by atoms with Crippen molar-refractivity contribution in [1.29, 1.82) is 0 Å². The minimum atomic E-state index is 0.353. The van der Waals surface area contributed by atoms with Crippen LogP contribution in [-0.2, 0) is 0 Å². The molecular formula is C8H14INO. The van der Waals surface area contributed by atoms with Crippen LogP contribution in [0.3, 0.4) is 0 Å². The summed E-state index contributed by atoms with van der Waals surface area (Å²) in [6.45, 7) is 4.01. The Labute approximate surface area is 81.1 Å². The standard InChI is InChI=1S/C8H14INO/c9-1-2-10-4-7-3-8(7,5-10)6-11/h7,11H,1-6H2. The highest BCUT2D eigenvalue weighted by Crippen LogP contribution is 2.57. The summed E-state index contributed by atoms with van der Waals surface area (Å²) in [5.74, 6) is 0.829. The maximum absolute atomic E-state index is 9.12. The molecule has 0 aromatic heterocycles. The SMILES string of the molecule is OCC12CC1CN(CCI)C2. The largest absolute Gasteiger partial charge is 0.396 e. The number of hydrogen-bond acceptors (Lipinski definition) is 2. The van der Waals surface area contributed by atoms with E-state index >= 15 is 0 Å². The van der Waals surface area contributed by atoms with Gasteiger partial charge in [-0.25, -0.2) is 0 Å². The number of fused-ring (bicyclic) bond motifs is 1. The highest BCUT2D eigenvalue weighted by atomic mass is 127. The summed E-state index contributed by atoms with van der Waals surface area (Å²) >= 11 is 2.41. The van der Waals surface area contributed by atoms with Gasteiger partial charge in [0.25, 0.3) is 0 Å². The smallest absolute Gasteiger partial charge is 0.0502 e. The van der Waals surface area contributed by atoms with E-state index in [-0.39, 0.29) is 0 Å². The molecule has 2 fully saturated rings. The molecule has 1 saturated heterocycles. The summed E-state index contributed by atoms with van der Waals surface area (Å²) in [5.41, 5.74) is 0.353. The molecule has 0 amide bonds. The molecule has 2 nitrogen and oxygen atoms in total. The third kappa shape index (κ3) is 1.31. The third-order valence-corrected chi connectivity index (χ3v) is 3.57. The number of alkyl halides is 1. The Balaban J connectivity index is 1.87. The number of likely N-dealkylation sites (tertiary alicyclic amines) is 1. The first-order valence-electron chi connectivity index (χ1n) is 4.20. The Kier molecular flexibility index (Phi) is 2.14. The van der Waals surface area contributed by atoms with E-state index in [9.17, 15) is 0 Å². The van der Waals surface area contributed by atoms with Gasteiger partial charge >= 0.3 is 0 Å². The second-order valence-corrected chi connectivity index (χ2v) is 4.92. The first-order chi connectivity index (χ1) is 5.30. The molecule has 1 saturated carbocycles. The van der Waals surface area contributed by atoms with E-state index in [1.165, 1.54) is 23.9 Å². The number of rotatable bonds is 3. The van der Waals surface area contributed by atoms with Crippen molar-refractivity contribution < 1.29 is 5.11 Å². The monoisotopic (exact) mass is 267 g/mol. The predicted molar refractivity (Wildman–Crippen MR) is 53.0 cm³/mol. The molecule has 64 valence electrons. The summed E-state index contributed by atoms with van der Waals surface area (Å²) < 4.78 is 1.21. The highest BCUT2D eigenvalue weighted by molar-refractivity contribution is 14.1. The number of nitrogens with zero attached hydrogens (tertiary/aromatic N) is 1. The Morgan fingerprint density at radius 2 is 2.45 bits per heavy atom. The lowest BCUT2D eigenvalue weighted by atomic mass is 10.1. The first-order valence-corrected chi connectivity index (χ1v) is 5.72. The van der Waals surface area contributed by atoms with Gasteiger partial charge in [0.2, 0.25) is 0 Å². The Bertz CT molecular complexity index is 160. The average Bonchev–Trinajstić information content (AvgIpc) is 2.57. The highest BCUT2D eigenvalue weighted by Gasteiger charge is 2.58. The average molecular weight is 267 g/mol. The number of aliphatic hydroxyl groups is 1. The molecule has 0 aromatic carbocycles. The Morgan fingerprint density at radius 1 is 1.64 bits per heavy atom. The van der Waals surface area contributed by atoms with Crippen molar-refractivity contribution in [2.45, 2.75) is 6.42 Å². The topological polar surface area (TPSA) is 23.5 Å². The minimum absolute atomic E-state index is 0.353. The van der Waals surface area contributed by atoms with Crippen LogP contribution in [0.25, 0.3) is 0 Å². The first kappa shape index (κ1) is 8.26. The zero-order valence-corrected chi connectivity index (χ0v) is 8.75. The van der Waals surface area contributed by atoms with Gasteiger partial charge in [-0.1, -0.05) is 22.6 Å². The molecule has 0 spiro atoms. The van der Waals surface area contributed by atoms with Gasteiger partial charge in [0, 0.05) is 29.5 Å². The number of aliphatic hydroxyl groups excluding tert-OH is 1. The van der Waals surface area contributed by atoms with Gasteiger partial charge in [0.15, 0.2) is 0 Å². The van der Waals surface area contributed by atoms with Gasteiger partial charge in [-0.15, -0.1) is 0 Å². The predicted octanol–water partition coefficient (Wildman–Crippen LogP) is 0.736. The molecule has 2 rings (SSSR count). The fourth-order valence-corrected chi connectivity index (χ4v) is 2.92. The molecule has 1 aliphatic carbocycles. The molecule has 1 aliphatic heterocycles. The molecule has 2 aliphatic rings. The zero-order valence-electron chi connectivity index (χ0n) is 6.59. The van der Waals surface area contributed by atoms with E-state index < -0.39 is 0 Å². The molecule has 0 bridgehead atoms. The fourth-order valence-electron chi connectivity index (χ4n) is 2.24. The summed E-state index contributed by atoms with van der Waals surface area (Å²) in [7, 11) is 0. The summed E-state index contributed by atoms with van der Waals surface area (Å²) in [5, 5.41) is 9.12. The van der Waals surface area contributed by atoms with E-state index in [0.717, 1.165) is 12.5 Å². The maximum Gasteiger partial charge on any atom is 0.0502 e. The molecule has 1 heterocycles. The van der Waals surface area contributed by atoms with Crippen LogP contribution in [-0.4, -0.2) is 40.7 Å². The van der Waals surface area contributed by atoms with Gasteiger partial charge < -0.3 is 10.0 Å². The summed E-state index contributed by atoms with van der Waals surface area (Å²) in [6.07, 6.45) is 1.28. The van der Waals surface area contributed by atoms with Crippen LogP contribution in [0.5, 0.6) is 0 Å². The summed E-state index contributed by atoms with van der Waals surface area (Å²) in [4.78, 5) is 2.48. The van der Waals surface area contributed by atoms with E-state index in [2.05, 4.69) is 27.5 Å². The van der Waals surface area contributed by atoms with Crippen LogP contribution in [0.2, 0.25) is 0 Å². The van der Waals surface area contributed by atoms with Crippen molar-refractivity contribution in [1.82, 2.24) is 4.90 Å². The number of piperidine rings is 1. The second kappa shape index (κ2) is 2.85. The molecule has 0 aromatic rings. The van der Waals surface area contributed by atoms with Crippen LogP contribution in [0.15, 0.2) is 0 Å². The van der Waals surface area contributed by atoms with E-state index in [1.54, 1.807) is 0 Å². The van der Waals surface area contributed by atoms with Gasteiger partial charge in [-0.2, -0.15) is 0 Å².